The number of benzene rings is 2. The first kappa shape index (κ1) is 22.1. The summed E-state index contributed by atoms with van der Waals surface area (Å²) in [4.78, 5) is 8.03. The third kappa shape index (κ3) is 5.44. The predicted octanol–water partition coefficient (Wildman–Crippen LogP) is 5.37. The summed E-state index contributed by atoms with van der Waals surface area (Å²) in [5, 5.41) is 0. The molecule has 5 rings (SSSR count). The minimum Gasteiger partial charge on any atom is -0.299 e. The van der Waals surface area contributed by atoms with E-state index in [2.05, 4.69) is 76.2 Å². The SMILES string of the molecule is CCN(C[C@H]1C[C@H](c2ccc(CN3CCCC3)cc2)C1)[C@H]1CCN(Cc2ccccc2)C1. The Morgan fingerprint density at radius 1 is 0.812 bits per heavy atom. The molecule has 0 aromatic heterocycles. The van der Waals surface area contributed by atoms with Gasteiger partial charge in [0.1, 0.15) is 0 Å². The number of likely N-dealkylation sites (N-methyl/N-ethyl adjacent to an activating group) is 1. The summed E-state index contributed by atoms with van der Waals surface area (Å²) < 4.78 is 0. The van der Waals surface area contributed by atoms with Gasteiger partial charge < -0.3 is 0 Å². The number of nitrogens with zero attached hydrogens (tertiary/aromatic N) is 3. The van der Waals surface area contributed by atoms with Gasteiger partial charge in [-0.05, 0) is 80.3 Å². The lowest BCUT2D eigenvalue weighted by atomic mass is 9.71. The smallest absolute Gasteiger partial charge is 0.0235 e. The van der Waals surface area contributed by atoms with Crippen LogP contribution in [0.5, 0.6) is 0 Å². The molecule has 0 radical (unpaired) electrons. The molecule has 2 aliphatic heterocycles. The average Bonchev–Trinajstić information content (AvgIpc) is 3.47. The Balaban J connectivity index is 1.06. The van der Waals surface area contributed by atoms with E-state index in [4.69, 9.17) is 0 Å². The lowest BCUT2D eigenvalue weighted by molar-refractivity contribution is 0.125. The van der Waals surface area contributed by atoms with Crippen LogP contribution in [0, 0.1) is 5.92 Å². The zero-order valence-corrected chi connectivity index (χ0v) is 20.0. The molecule has 1 saturated carbocycles. The van der Waals surface area contributed by atoms with Crippen LogP contribution in [0.4, 0.5) is 0 Å². The molecule has 2 heterocycles. The van der Waals surface area contributed by atoms with E-state index in [9.17, 15) is 0 Å². The van der Waals surface area contributed by atoms with Crippen LogP contribution in [0.1, 0.15) is 61.6 Å². The van der Waals surface area contributed by atoms with Crippen molar-refractivity contribution in [2.24, 2.45) is 5.92 Å². The molecular weight excluding hydrogens is 390 g/mol. The molecule has 0 N–H and O–H groups in total. The van der Waals surface area contributed by atoms with E-state index in [1.54, 1.807) is 5.56 Å². The molecule has 0 amide bonds. The Bertz CT molecular complexity index is 821. The number of hydrogen-bond acceptors (Lipinski definition) is 3. The summed E-state index contributed by atoms with van der Waals surface area (Å²) in [6, 6.07) is 21.3. The molecular formula is C29H41N3. The van der Waals surface area contributed by atoms with E-state index < -0.39 is 0 Å². The quantitative estimate of drug-likeness (QED) is 0.528. The fraction of sp³-hybridized carbons (Fsp3) is 0.586. The Morgan fingerprint density at radius 3 is 2.22 bits per heavy atom. The van der Waals surface area contributed by atoms with Gasteiger partial charge in [-0.3, -0.25) is 14.7 Å². The summed E-state index contributed by atoms with van der Waals surface area (Å²) in [6.45, 7) is 12.1. The number of hydrogen-bond donors (Lipinski definition) is 0. The van der Waals surface area contributed by atoms with Crippen molar-refractivity contribution in [2.45, 2.75) is 64.1 Å². The van der Waals surface area contributed by atoms with Crippen LogP contribution in [0.25, 0.3) is 0 Å². The van der Waals surface area contributed by atoms with E-state index in [0.717, 1.165) is 31.0 Å². The maximum absolute atomic E-state index is 2.78. The van der Waals surface area contributed by atoms with E-state index in [1.807, 2.05) is 0 Å². The molecule has 2 aromatic carbocycles. The highest BCUT2D eigenvalue weighted by atomic mass is 15.2. The van der Waals surface area contributed by atoms with Gasteiger partial charge in [0.15, 0.2) is 0 Å². The molecule has 3 fully saturated rings. The van der Waals surface area contributed by atoms with Crippen LogP contribution in [-0.2, 0) is 13.1 Å². The highest BCUT2D eigenvalue weighted by Crippen LogP contribution is 2.42. The van der Waals surface area contributed by atoms with Gasteiger partial charge in [-0.25, -0.2) is 0 Å². The molecule has 3 nitrogen and oxygen atoms in total. The largest absolute Gasteiger partial charge is 0.299 e. The molecule has 3 aliphatic rings. The second-order valence-electron chi connectivity index (χ2n) is 10.5. The maximum Gasteiger partial charge on any atom is 0.0235 e. The van der Waals surface area contributed by atoms with Gasteiger partial charge >= 0.3 is 0 Å². The normalized spacial score (nSPS) is 26.6. The van der Waals surface area contributed by atoms with Gasteiger partial charge in [-0.15, -0.1) is 0 Å². The minimum absolute atomic E-state index is 0.743. The van der Waals surface area contributed by atoms with Gasteiger partial charge in [-0.1, -0.05) is 61.5 Å². The van der Waals surface area contributed by atoms with Gasteiger partial charge in [0.25, 0.3) is 0 Å². The molecule has 2 aromatic rings. The molecule has 172 valence electrons. The Hall–Kier alpha value is -1.68. The monoisotopic (exact) mass is 431 g/mol. The van der Waals surface area contributed by atoms with Crippen LogP contribution in [0.3, 0.4) is 0 Å². The molecule has 3 heteroatoms. The molecule has 0 spiro atoms. The third-order valence-corrected chi connectivity index (χ3v) is 8.20. The van der Waals surface area contributed by atoms with Crippen molar-refractivity contribution < 1.29 is 0 Å². The lowest BCUT2D eigenvalue weighted by Gasteiger charge is -2.40. The summed E-state index contributed by atoms with van der Waals surface area (Å²) in [5.74, 6) is 1.67. The van der Waals surface area contributed by atoms with Crippen LogP contribution in [0.2, 0.25) is 0 Å². The topological polar surface area (TPSA) is 9.72 Å². The van der Waals surface area contributed by atoms with E-state index in [0.29, 0.717) is 0 Å². The lowest BCUT2D eigenvalue weighted by Crippen LogP contribution is -2.43. The fourth-order valence-corrected chi connectivity index (χ4v) is 6.21. The molecule has 1 atom stereocenters. The van der Waals surface area contributed by atoms with Gasteiger partial charge in [0.05, 0.1) is 0 Å². The average molecular weight is 432 g/mol. The minimum atomic E-state index is 0.743. The highest BCUT2D eigenvalue weighted by Gasteiger charge is 2.34. The molecule has 0 unspecified atom stereocenters. The van der Waals surface area contributed by atoms with Crippen molar-refractivity contribution >= 4 is 0 Å². The zero-order valence-electron chi connectivity index (χ0n) is 20.0. The first-order chi connectivity index (χ1) is 15.8. The van der Waals surface area contributed by atoms with E-state index in [1.165, 1.54) is 82.5 Å². The molecule has 0 bridgehead atoms. The van der Waals surface area contributed by atoms with Crippen LogP contribution in [0.15, 0.2) is 54.6 Å². The Morgan fingerprint density at radius 2 is 1.50 bits per heavy atom. The fourth-order valence-electron chi connectivity index (χ4n) is 6.21. The third-order valence-electron chi connectivity index (χ3n) is 8.20. The van der Waals surface area contributed by atoms with Gasteiger partial charge in [-0.2, -0.15) is 0 Å². The Labute approximate surface area is 195 Å². The summed E-state index contributed by atoms with van der Waals surface area (Å²) in [7, 11) is 0. The van der Waals surface area contributed by atoms with Crippen molar-refractivity contribution in [3.63, 3.8) is 0 Å². The summed E-state index contributed by atoms with van der Waals surface area (Å²) in [5.41, 5.74) is 4.51. The van der Waals surface area contributed by atoms with Crippen molar-refractivity contribution in [3.8, 4) is 0 Å². The van der Waals surface area contributed by atoms with E-state index in [-0.39, 0.29) is 0 Å². The summed E-state index contributed by atoms with van der Waals surface area (Å²) >= 11 is 0. The highest BCUT2D eigenvalue weighted by molar-refractivity contribution is 5.27. The Kier molecular flexibility index (Phi) is 7.26. The number of rotatable bonds is 9. The van der Waals surface area contributed by atoms with Gasteiger partial charge in [0, 0.05) is 38.8 Å². The van der Waals surface area contributed by atoms with Gasteiger partial charge in [0.2, 0.25) is 0 Å². The molecule has 1 aliphatic carbocycles. The summed E-state index contributed by atoms with van der Waals surface area (Å²) in [6.07, 6.45) is 6.84. The maximum atomic E-state index is 2.78. The molecule has 32 heavy (non-hydrogen) atoms. The second kappa shape index (κ2) is 10.5. The number of likely N-dealkylation sites (tertiary alicyclic amines) is 2. The van der Waals surface area contributed by atoms with Crippen LogP contribution >= 0.6 is 0 Å². The van der Waals surface area contributed by atoms with Crippen molar-refractivity contribution in [1.29, 1.82) is 0 Å². The van der Waals surface area contributed by atoms with Crippen molar-refractivity contribution in [3.05, 3.63) is 71.3 Å². The van der Waals surface area contributed by atoms with Crippen LogP contribution in [-0.4, -0.2) is 60.0 Å². The van der Waals surface area contributed by atoms with Crippen molar-refractivity contribution in [2.75, 3.05) is 39.3 Å². The zero-order chi connectivity index (χ0) is 21.8. The first-order valence-electron chi connectivity index (χ1n) is 13.1. The second-order valence-corrected chi connectivity index (χ2v) is 10.5. The van der Waals surface area contributed by atoms with Crippen LogP contribution < -0.4 is 0 Å². The molecule has 2 saturated heterocycles. The van der Waals surface area contributed by atoms with E-state index >= 15 is 0 Å². The van der Waals surface area contributed by atoms with Crippen molar-refractivity contribution in [1.82, 2.24) is 14.7 Å². The first-order valence-corrected chi connectivity index (χ1v) is 13.1. The standard InChI is InChI=1S/C29H41N3/c1-2-32(29-14-17-31(23-29)21-24-8-4-3-5-9-24)22-26-18-28(19-26)27-12-10-25(11-13-27)20-30-15-6-7-16-30/h3-5,8-13,26,28-29H,2,6-7,14-23H2,1H3/t26-,28-,29-/m0/s1. The predicted molar refractivity (Wildman–Crippen MR) is 134 cm³/mol.